The van der Waals surface area contributed by atoms with Gasteiger partial charge in [0.05, 0.1) is 5.69 Å². The Labute approximate surface area is 182 Å². The van der Waals surface area contributed by atoms with E-state index in [1.165, 1.54) is 5.56 Å². The molecule has 1 unspecified atom stereocenters. The number of nitrogens with zero attached hydrogens (tertiary/aromatic N) is 4. The van der Waals surface area contributed by atoms with Crippen molar-refractivity contribution in [1.82, 2.24) is 19.9 Å². The Bertz CT molecular complexity index is 1050. The summed E-state index contributed by atoms with van der Waals surface area (Å²) in [5.41, 5.74) is 7.69. The van der Waals surface area contributed by atoms with Crippen LogP contribution >= 0.6 is 0 Å². The van der Waals surface area contributed by atoms with Crippen LogP contribution in [0, 0.1) is 13.8 Å². The van der Waals surface area contributed by atoms with E-state index in [9.17, 15) is 0 Å². The van der Waals surface area contributed by atoms with Crippen LogP contribution in [-0.4, -0.2) is 37.1 Å². The first-order chi connectivity index (χ1) is 14.7. The number of fused-ring (bicyclic) bond motifs is 1. The Morgan fingerprint density at radius 1 is 1.10 bits per heavy atom. The van der Waals surface area contributed by atoms with E-state index in [1.54, 1.807) is 12.7 Å². The first-order valence-electron chi connectivity index (χ1n) is 10.2. The highest BCUT2D eigenvalue weighted by Crippen LogP contribution is 2.39. The molecule has 1 aliphatic carbocycles. The predicted octanol–water partition coefficient (Wildman–Crippen LogP) is 4.31. The number of aryl methyl sites for hydroxylation is 2. The largest absolute Gasteiger partial charge is 0.488 e. The van der Waals surface area contributed by atoms with E-state index in [-0.39, 0.29) is 12.1 Å². The second kappa shape index (κ2) is 9.20. The van der Waals surface area contributed by atoms with Gasteiger partial charge in [-0.1, -0.05) is 6.07 Å². The van der Waals surface area contributed by atoms with Crippen LogP contribution in [0.3, 0.4) is 0 Å². The SMILES string of the molecule is Cc1cc(OC(C)(C)C)ccc1-c1c(C)ncnc1C1Cc2cncnc2C1.O=CO. The third-order valence-corrected chi connectivity index (χ3v) is 5.13. The van der Waals surface area contributed by atoms with Crippen molar-refractivity contribution in [3.63, 3.8) is 0 Å². The van der Waals surface area contributed by atoms with Gasteiger partial charge in [0, 0.05) is 29.1 Å². The lowest BCUT2D eigenvalue weighted by Gasteiger charge is -2.23. The predicted molar refractivity (Wildman–Crippen MR) is 118 cm³/mol. The number of carbonyl (C=O) groups is 1. The lowest BCUT2D eigenvalue weighted by atomic mass is 9.90. The van der Waals surface area contributed by atoms with Crippen LogP contribution in [0.15, 0.2) is 37.1 Å². The molecule has 0 bridgehead atoms. The van der Waals surface area contributed by atoms with Gasteiger partial charge in [-0.2, -0.15) is 0 Å². The first kappa shape index (κ1) is 22.3. The Morgan fingerprint density at radius 2 is 1.84 bits per heavy atom. The average molecular weight is 421 g/mol. The van der Waals surface area contributed by atoms with Gasteiger partial charge in [-0.05, 0) is 76.3 Å². The molecule has 0 aliphatic heterocycles. The fourth-order valence-electron chi connectivity index (χ4n) is 3.97. The van der Waals surface area contributed by atoms with E-state index in [0.717, 1.165) is 52.4 Å². The number of aromatic nitrogens is 4. The van der Waals surface area contributed by atoms with Gasteiger partial charge < -0.3 is 9.84 Å². The molecule has 0 fully saturated rings. The molecule has 1 atom stereocenters. The zero-order valence-electron chi connectivity index (χ0n) is 18.6. The Balaban J connectivity index is 0.000000858. The Morgan fingerprint density at radius 3 is 2.48 bits per heavy atom. The molecule has 162 valence electrons. The van der Waals surface area contributed by atoms with E-state index in [0.29, 0.717) is 5.92 Å². The number of rotatable bonds is 3. The van der Waals surface area contributed by atoms with Crippen molar-refractivity contribution >= 4 is 6.47 Å². The summed E-state index contributed by atoms with van der Waals surface area (Å²) in [7, 11) is 0. The van der Waals surface area contributed by atoms with Gasteiger partial charge in [0.15, 0.2) is 0 Å². The van der Waals surface area contributed by atoms with E-state index >= 15 is 0 Å². The Hall–Kier alpha value is -3.35. The molecule has 31 heavy (non-hydrogen) atoms. The van der Waals surface area contributed by atoms with Crippen molar-refractivity contribution < 1.29 is 14.6 Å². The number of hydrogen-bond acceptors (Lipinski definition) is 6. The van der Waals surface area contributed by atoms with E-state index in [4.69, 9.17) is 19.6 Å². The number of ether oxygens (including phenoxy) is 1. The molecule has 7 nitrogen and oxygen atoms in total. The number of benzene rings is 1. The first-order valence-corrected chi connectivity index (χ1v) is 10.2. The summed E-state index contributed by atoms with van der Waals surface area (Å²) in [6, 6.07) is 6.28. The zero-order valence-corrected chi connectivity index (χ0v) is 18.6. The average Bonchev–Trinajstić information content (AvgIpc) is 3.12. The van der Waals surface area contributed by atoms with Crippen molar-refractivity contribution in [2.24, 2.45) is 0 Å². The quantitative estimate of drug-likeness (QED) is 0.630. The fraction of sp³-hybridized carbons (Fsp3) is 0.375. The summed E-state index contributed by atoms with van der Waals surface area (Å²) >= 11 is 0. The van der Waals surface area contributed by atoms with Crippen molar-refractivity contribution in [2.75, 3.05) is 0 Å². The molecule has 4 rings (SSSR count). The van der Waals surface area contributed by atoms with Crippen molar-refractivity contribution in [2.45, 2.75) is 59.0 Å². The molecule has 1 aromatic carbocycles. The topological polar surface area (TPSA) is 98.1 Å². The summed E-state index contributed by atoms with van der Waals surface area (Å²) in [5, 5.41) is 6.89. The molecule has 0 saturated heterocycles. The van der Waals surface area contributed by atoms with Crippen LogP contribution in [0.25, 0.3) is 11.1 Å². The van der Waals surface area contributed by atoms with E-state index in [1.807, 2.05) is 12.3 Å². The molecular weight excluding hydrogens is 392 g/mol. The smallest absolute Gasteiger partial charge is 0.290 e. The standard InChI is InChI=1S/C23H26N4O.CH2O2/c1-14-8-18(28-23(3,4)5)6-7-19(14)21-15(2)25-13-27-22(21)16-9-17-11-24-12-26-20(17)10-16;2-1-3/h6-8,11-13,16H,9-10H2,1-5H3;1H,(H,2,3). The number of carboxylic acid groups (broad SMARTS) is 1. The third-order valence-electron chi connectivity index (χ3n) is 5.13. The van der Waals surface area contributed by atoms with E-state index in [2.05, 4.69) is 61.7 Å². The minimum Gasteiger partial charge on any atom is -0.488 e. The Kier molecular flexibility index (Phi) is 6.63. The van der Waals surface area contributed by atoms with Crippen LogP contribution in [0.2, 0.25) is 0 Å². The summed E-state index contributed by atoms with van der Waals surface area (Å²) < 4.78 is 6.03. The van der Waals surface area contributed by atoms with Crippen molar-refractivity contribution in [3.05, 3.63) is 65.3 Å². The summed E-state index contributed by atoms with van der Waals surface area (Å²) in [6.07, 6.45) is 7.05. The van der Waals surface area contributed by atoms with Gasteiger partial charge >= 0.3 is 0 Å². The monoisotopic (exact) mass is 420 g/mol. The van der Waals surface area contributed by atoms with Gasteiger partial charge in [0.1, 0.15) is 24.0 Å². The summed E-state index contributed by atoms with van der Waals surface area (Å²) in [4.78, 5) is 26.2. The molecule has 0 spiro atoms. The molecule has 2 heterocycles. The maximum absolute atomic E-state index is 8.36. The second-order valence-corrected chi connectivity index (χ2v) is 8.62. The maximum atomic E-state index is 8.36. The highest BCUT2D eigenvalue weighted by atomic mass is 16.5. The molecular formula is C24H28N4O3. The minimum atomic E-state index is -0.250. The van der Waals surface area contributed by atoms with Gasteiger partial charge in [-0.3, -0.25) is 4.79 Å². The fourth-order valence-corrected chi connectivity index (χ4v) is 3.97. The van der Waals surface area contributed by atoms with Gasteiger partial charge in [0.25, 0.3) is 6.47 Å². The molecule has 0 saturated carbocycles. The molecule has 2 aromatic heterocycles. The van der Waals surface area contributed by atoms with Gasteiger partial charge in [-0.15, -0.1) is 0 Å². The highest BCUT2D eigenvalue weighted by Gasteiger charge is 2.28. The minimum absolute atomic E-state index is 0.221. The zero-order chi connectivity index (χ0) is 22.6. The van der Waals surface area contributed by atoms with Crippen molar-refractivity contribution in [3.8, 4) is 16.9 Å². The molecule has 1 aliphatic rings. The van der Waals surface area contributed by atoms with E-state index < -0.39 is 0 Å². The van der Waals surface area contributed by atoms with Crippen molar-refractivity contribution in [1.29, 1.82) is 0 Å². The highest BCUT2D eigenvalue weighted by molar-refractivity contribution is 5.73. The number of hydrogen-bond donors (Lipinski definition) is 1. The lowest BCUT2D eigenvalue weighted by Crippen LogP contribution is -2.22. The third kappa shape index (κ3) is 5.23. The summed E-state index contributed by atoms with van der Waals surface area (Å²) in [5.74, 6) is 1.18. The summed E-state index contributed by atoms with van der Waals surface area (Å²) in [6.45, 7) is 10.1. The second-order valence-electron chi connectivity index (χ2n) is 8.62. The molecule has 0 radical (unpaired) electrons. The van der Waals surface area contributed by atoms with Crippen LogP contribution in [0.4, 0.5) is 0 Å². The van der Waals surface area contributed by atoms with Crippen LogP contribution < -0.4 is 4.74 Å². The lowest BCUT2D eigenvalue weighted by molar-refractivity contribution is -0.122. The van der Waals surface area contributed by atoms with Crippen LogP contribution in [0.1, 0.15) is 54.9 Å². The molecule has 1 N–H and O–H groups in total. The van der Waals surface area contributed by atoms with Crippen LogP contribution in [-0.2, 0) is 17.6 Å². The maximum Gasteiger partial charge on any atom is 0.290 e. The molecule has 0 amide bonds. The van der Waals surface area contributed by atoms with Gasteiger partial charge in [-0.25, -0.2) is 19.9 Å². The normalized spacial score (nSPS) is 14.9. The van der Waals surface area contributed by atoms with Crippen LogP contribution in [0.5, 0.6) is 5.75 Å². The van der Waals surface area contributed by atoms with Gasteiger partial charge in [0.2, 0.25) is 0 Å². The molecule has 3 aromatic rings. The molecule has 7 heteroatoms.